The molecule has 1 atom stereocenters. The van der Waals surface area contributed by atoms with Crippen molar-refractivity contribution in [2.75, 3.05) is 6.54 Å². The molecule has 0 bridgehead atoms. The predicted molar refractivity (Wildman–Crippen MR) is 40.8 cm³/mol. The number of unbranched alkanes of at least 4 members (excludes halogenated alkanes) is 2. The maximum Gasteiger partial charge on any atom is 0.0811 e. The van der Waals surface area contributed by atoms with Crippen LogP contribution in [0.4, 0.5) is 0 Å². The Bertz CT molecular complexity index is 83.7. The maximum atomic E-state index is 9.60. The monoisotopic (exact) mass is 145 g/mol. The highest BCUT2D eigenvalue weighted by Crippen LogP contribution is 2.02. The topological polar surface area (TPSA) is 49.7 Å². The molecule has 0 aliphatic rings. The summed E-state index contributed by atoms with van der Waals surface area (Å²) in [6.45, 7) is 2.19. The number of rotatable bonds is 6. The fraction of sp³-hybridized carbons (Fsp3) is 1.00. The van der Waals surface area contributed by atoms with E-state index in [-0.39, 0.29) is 6.10 Å². The molecule has 0 aromatic rings. The molecule has 0 fully saturated rings. The summed E-state index contributed by atoms with van der Waals surface area (Å²) in [6.07, 6.45) is 3.48. The summed E-state index contributed by atoms with van der Waals surface area (Å²) in [5.74, 6) is 0. The third-order valence-corrected chi connectivity index (χ3v) is 1.37. The summed E-state index contributed by atoms with van der Waals surface area (Å²) in [7, 11) is 0. The molecule has 0 amide bonds. The predicted octanol–water partition coefficient (Wildman–Crippen LogP) is 1.69. The van der Waals surface area contributed by atoms with Crippen molar-refractivity contribution in [2.24, 2.45) is 5.18 Å². The van der Waals surface area contributed by atoms with Crippen molar-refractivity contribution in [3.8, 4) is 0 Å². The first-order valence-electron chi connectivity index (χ1n) is 3.74. The molecule has 0 spiro atoms. The van der Waals surface area contributed by atoms with E-state index in [1.807, 2.05) is 0 Å². The zero-order chi connectivity index (χ0) is 7.82. The Hall–Kier alpha value is -0.440. The number of nitrogens with zero attached hydrogens (tertiary/aromatic N) is 1. The van der Waals surface area contributed by atoms with Crippen molar-refractivity contribution >= 4 is 0 Å². The van der Waals surface area contributed by atoms with Crippen molar-refractivity contribution in [3.05, 3.63) is 4.91 Å². The van der Waals surface area contributed by atoms with E-state index in [1.165, 1.54) is 0 Å². The van der Waals surface area contributed by atoms with Crippen LogP contribution in [0.25, 0.3) is 0 Å². The molecule has 0 saturated carbocycles. The lowest BCUT2D eigenvalue weighted by Crippen LogP contribution is -1.98. The van der Waals surface area contributed by atoms with Gasteiger partial charge < -0.3 is 5.11 Å². The van der Waals surface area contributed by atoms with E-state index in [1.54, 1.807) is 6.92 Å². The second-order valence-electron chi connectivity index (χ2n) is 2.55. The molecule has 1 N–H and O–H groups in total. The van der Waals surface area contributed by atoms with Crippen LogP contribution in [-0.4, -0.2) is 17.8 Å². The summed E-state index contributed by atoms with van der Waals surface area (Å²) >= 11 is 0. The molecule has 0 aliphatic heterocycles. The van der Waals surface area contributed by atoms with E-state index in [0.717, 1.165) is 25.7 Å². The first-order chi connectivity index (χ1) is 4.77. The number of hydrogen-bond donors (Lipinski definition) is 1. The van der Waals surface area contributed by atoms with E-state index >= 15 is 0 Å². The lowest BCUT2D eigenvalue weighted by Gasteiger charge is -2.00. The summed E-state index contributed by atoms with van der Waals surface area (Å²) in [5.41, 5.74) is 0. The van der Waals surface area contributed by atoms with E-state index in [0.29, 0.717) is 6.54 Å². The van der Waals surface area contributed by atoms with Gasteiger partial charge in [0.05, 0.1) is 12.6 Å². The Morgan fingerprint density at radius 1 is 1.40 bits per heavy atom. The van der Waals surface area contributed by atoms with Gasteiger partial charge in [0.25, 0.3) is 0 Å². The van der Waals surface area contributed by atoms with Gasteiger partial charge in [-0.2, -0.15) is 4.91 Å². The summed E-state index contributed by atoms with van der Waals surface area (Å²) in [4.78, 5) is 9.60. The Balaban J connectivity index is 2.83. The van der Waals surface area contributed by atoms with Crippen LogP contribution in [-0.2, 0) is 0 Å². The largest absolute Gasteiger partial charge is 0.393 e. The van der Waals surface area contributed by atoms with Crippen molar-refractivity contribution < 1.29 is 5.11 Å². The molecule has 0 aromatic carbocycles. The van der Waals surface area contributed by atoms with Crippen LogP contribution in [0.2, 0.25) is 0 Å². The highest BCUT2D eigenvalue weighted by Gasteiger charge is 1.94. The second-order valence-corrected chi connectivity index (χ2v) is 2.55. The molecule has 0 saturated heterocycles. The van der Waals surface area contributed by atoms with Crippen LogP contribution < -0.4 is 0 Å². The van der Waals surface area contributed by atoms with Gasteiger partial charge in [0.2, 0.25) is 0 Å². The van der Waals surface area contributed by atoms with Crippen molar-refractivity contribution in [1.82, 2.24) is 0 Å². The standard InChI is InChI=1S/C7H15NO2/c1-7(9)5-3-2-4-6-8-10/h7,9H,2-6H2,1H3. The molecule has 0 aliphatic carbocycles. The minimum atomic E-state index is -0.204. The molecule has 0 heterocycles. The van der Waals surface area contributed by atoms with Gasteiger partial charge in [-0.3, -0.25) is 0 Å². The van der Waals surface area contributed by atoms with Gasteiger partial charge in [0, 0.05) is 0 Å². The Kier molecular flexibility index (Phi) is 6.38. The molecule has 0 aromatic heterocycles. The molecular formula is C7H15NO2. The van der Waals surface area contributed by atoms with Gasteiger partial charge in [0.15, 0.2) is 0 Å². The van der Waals surface area contributed by atoms with Crippen LogP contribution in [0.3, 0.4) is 0 Å². The highest BCUT2D eigenvalue weighted by atomic mass is 16.3. The first kappa shape index (κ1) is 9.56. The average Bonchev–Trinajstić information content (AvgIpc) is 1.87. The molecule has 1 unspecified atom stereocenters. The fourth-order valence-electron chi connectivity index (χ4n) is 0.793. The maximum absolute atomic E-state index is 9.60. The van der Waals surface area contributed by atoms with Gasteiger partial charge >= 0.3 is 0 Å². The SMILES string of the molecule is CC(O)CCCCCN=O. The van der Waals surface area contributed by atoms with Crippen molar-refractivity contribution in [1.29, 1.82) is 0 Å². The minimum absolute atomic E-state index is 0.204. The van der Waals surface area contributed by atoms with E-state index < -0.39 is 0 Å². The number of aliphatic hydroxyl groups is 1. The number of aliphatic hydroxyl groups excluding tert-OH is 1. The zero-order valence-corrected chi connectivity index (χ0v) is 6.42. The van der Waals surface area contributed by atoms with E-state index in [4.69, 9.17) is 5.11 Å². The summed E-state index contributed by atoms with van der Waals surface area (Å²) in [6, 6.07) is 0. The molecule has 0 radical (unpaired) electrons. The van der Waals surface area contributed by atoms with E-state index in [2.05, 4.69) is 5.18 Å². The van der Waals surface area contributed by atoms with Gasteiger partial charge in [-0.15, -0.1) is 0 Å². The smallest absolute Gasteiger partial charge is 0.0811 e. The Morgan fingerprint density at radius 2 is 2.10 bits per heavy atom. The number of nitroso groups, excluding NO2 is 1. The Morgan fingerprint density at radius 3 is 2.60 bits per heavy atom. The van der Waals surface area contributed by atoms with Crippen LogP contribution in [0.15, 0.2) is 5.18 Å². The first-order valence-corrected chi connectivity index (χ1v) is 3.74. The molecule has 10 heavy (non-hydrogen) atoms. The molecule has 3 nitrogen and oxygen atoms in total. The summed E-state index contributed by atoms with van der Waals surface area (Å²) in [5, 5.41) is 11.6. The third-order valence-electron chi connectivity index (χ3n) is 1.37. The van der Waals surface area contributed by atoms with Crippen molar-refractivity contribution in [3.63, 3.8) is 0 Å². The van der Waals surface area contributed by atoms with Crippen LogP contribution >= 0.6 is 0 Å². The van der Waals surface area contributed by atoms with Crippen LogP contribution in [0.5, 0.6) is 0 Å². The number of hydrogen-bond acceptors (Lipinski definition) is 3. The van der Waals surface area contributed by atoms with E-state index in [9.17, 15) is 4.91 Å². The third kappa shape index (κ3) is 7.56. The van der Waals surface area contributed by atoms with Crippen molar-refractivity contribution in [2.45, 2.75) is 38.7 Å². The van der Waals surface area contributed by atoms with Gasteiger partial charge in [-0.25, -0.2) is 0 Å². The Labute approximate surface area is 61.4 Å². The molecule has 3 heteroatoms. The van der Waals surface area contributed by atoms with Crippen LogP contribution in [0, 0.1) is 4.91 Å². The quantitative estimate of drug-likeness (QED) is 0.456. The average molecular weight is 145 g/mol. The second kappa shape index (κ2) is 6.68. The molecule has 60 valence electrons. The lowest BCUT2D eigenvalue weighted by atomic mass is 10.1. The highest BCUT2D eigenvalue weighted by molar-refractivity contribution is 4.49. The van der Waals surface area contributed by atoms with Crippen LogP contribution in [0.1, 0.15) is 32.6 Å². The molecule has 0 rings (SSSR count). The van der Waals surface area contributed by atoms with Gasteiger partial charge in [-0.05, 0) is 19.8 Å². The van der Waals surface area contributed by atoms with Gasteiger partial charge in [0.1, 0.15) is 0 Å². The van der Waals surface area contributed by atoms with Gasteiger partial charge in [-0.1, -0.05) is 18.0 Å². The lowest BCUT2D eigenvalue weighted by molar-refractivity contribution is 0.180. The molecular weight excluding hydrogens is 130 g/mol. The normalized spacial score (nSPS) is 13.0. The zero-order valence-electron chi connectivity index (χ0n) is 6.42. The fourth-order valence-corrected chi connectivity index (χ4v) is 0.793. The summed E-state index contributed by atoms with van der Waals surface area (Å²) < 4.78 is 0. The minimum Gasteiger partial charge on any atom is -0.393 e.